The summed E-state index contributed by atoms with van der Waals surface area (Å²) >= 11 is 0. The second-order valence-corrected chi connectivity index (χ2v) is 5.32. The molecule has 0 aliphatic carbocycles. The van der Waals surface area contributed by atoms with Gasteiger partial charge < -0.3 is 15.8 Å². The first-order valence-corrected chi connectivity index (χ1v) is 6.64. The Balaban J connectivity index is 2.91. The highest BCUT2D eigenvalue weighted by molar-refractivity contribution is 6.06. The highest BCUT2D eigenvalue weighted by Crippen LogP contribution is 2.25. The van der Waals surface area contributed by atoms with Crippen molar-refractivity contribution >= 4 is 11.7 Å². The molecule has 0 radical (unpaired) electrons. The Morgan fingerprint density at radius 2 is 2.15 bits per heavy atom. The molecule has 0 fully saturated rings. The number of rotatable bonds is 5. The van der Waals surface area contributed by atoms with Crippen LogP contribution >= 0.6 is 0 Å². The van der Waals surface area contributed by atoms with E-state index in [9.17, 15) is 4.79 Å². The molecule has 5 nitrogen and oxygen atoms in total. The van der Waals surface area contributed by atoms with Gasteiger partial charge in [0.15, 0.2) is 5.84 Å². The second kappa shape index (κ2) is 6.41. The SMILES string of the molecule is CCC(C)(C(=O)N(C)Cc1cccc(C)c1)/C(N)=N/O. The molecule has 110 valence electrons. The number of benzene rings is 1. The van der Waals surface area contributed by atoms with E-state index in [1.807, 2.05) is 38.1 Å². The highest BCUT2D eigenvalue weighted by atomic mass is 16.4. The van der Waals surface area contributed by atoms with Gasteiger partial charge in [-0.05, 0) is 25.8 Å². The number of oxime groups is 1. The molecule has 1 atom stereocenters. The van der Waals surface area contributed by atoms with Crippen molar-refractivity contribution in [3.8, 4) is 0 Å². The third-order valence-corrected chi connectivity index (χ3v) is 3.70. The van der Waals surface area contributed by atoms with Crippen LogP contribution in [0, 0.1) is 12.3 Å². The first kappa shape index (κ1) is 16.0. The fraction of sp³-hybridized carbons (Fsp3) is 0.467. The van der Waals surface area contributed by atoms with E-state index in [1.165, 1.54) is 0 Å². The Bertz CT molecular complexity index is 514. The van der Waals surface area contributed by atoms with Gasteiger partial charge in [-0.15, -0.1) is 0 Å². The fourth-order valence-corrected chi connectivity index (χ4v) is 2.13. The quantitative estimate of drug-likeness (QED) is 0.374. The number of amidine groups is 1. The maximum absolute atomic E-state index is 12.5. The maximum atomic E-state index is 12.5. The number of amides is 1. The van der Waals surface area contributed by atoms with Crippen LogP contribution in [0.2, 0.25) is 0 Å². The van der Waals surface area contributed by atoms with Gasteiger partial charge in [0.25, 0.3) is 0 Å². The number of carbonyl (C=O) groups is 1. The summed E-state index contributed by atoms with van der Waals surface area (Å²) in [6.45, 7) is 6.04. The standard InChI is InChI=1S/C15H23N3O2/c1-5-15(3,13(16)17-20)14(19)18(4)10-12-8-6-7-11(2)9-12/h6-9,20H,5,10H2,1-4H3,(H2,16,17). The van der Waals surface area contributed by atoms with Crippen LogP contribution in [-0.2, 0) is 11.3 Å². The summed E-state index contributed by atoms with van der Waals surface area (Å²) in [5.74, 6) is -0.210. The Kier molecular flexibility index (Phi) is 5.13. The van der Waals surface area contributed by atoms with Gasteiger partial charge in [0.05, 0.1) is 0 Å². The summed E-state index contributed by atoms with van der Waals surface area (Å²) in [4.78, 5) is 14.1. The van der Waals surface area contributed by atoms with Gasteiger partial charge in [-0.3, -0.25) is 4.79 Å². The molecule has 5 heteroatoms. The van der Waals surface area contributed by atoms with Crippen molar-refractivity contribution in [2.75, 3.05) is 7.05 Å². The van der Waals surface area contributed by atoms with Crippen LogP contribution in [0.3, 0.4) is 0 Å². The summed E-state index contributed by atoms with van der Waals surface area (Å²) in [7, 11) is 1.73. The number of hydrogen-bond donors (Lipinski definition) is 2. The lowest BCUT2D eigenvalue weighted by Crippen LogP contribution is -2.48. The van der Waals surface area contributed by atoms with E-state index in [4.69, 9.17) is 10.9 Å². The highest BCUT2D eigenvalue weighted by Gasteiger charge is 2.38. The first-order chi connectivity index (χ1) is 9.35. The Morgan fingerprint density at radius 3 is 2.65 bits per heavy atom. The minimum Gasteiger partial charge on any atom is -0.409 e. The predicted octanol–water partition coefficient (Wildman–Crippen LogP) is 2.12. The van der Waals surface area contributed by atoms with Crippen LogP contribution in [-0.4, -0.2) is 28.9 Å². The fourth-order valence-electron chi connectivity index (χ4n) is 2.13. The summed E-state index contributed by atoms with van der Waals surface area (Å²) in [6.07, 6.45) is 0.472. The van der Waals surface area contributed by atoms with Gasteiger partial charge in [-0.25, -0.2) is 0 Å². The summed E-state index contributed by atoms with van der Waals surface area (Å²) in [6, 6.07) is 7.99. The van der Waals surface area contributed by atoms with Gasteiger partial charge in [0, 0.05) is 13.6 Å². The molecule has 0 saturated heterocycles. The summed E-state index contributed by atoms with van der Waals surface area (Å²) in [5.41, 5.74) is 6.90. The molecule has 0 heterocycles. The molecule has 1 aromatic carbocycles. The molecule has 0 bridgehead atoms. The number of nitrogens with two attached hydrogens (primary N) is 1. The third-order valence-electron chi connectivity index (χ3n) is 3.70. The lowest BCUT2D eigenvalue weighted by atomic mass is 9.84. The van der Waals surface area contributed by atoms with Crippen LogP contribution in [0.15, 0.2) is 29.4 Å². The lowest BCUT2D eigenvalue weighted by Gasteiger charge is -2.30. The van der Waals surface area contributed by atoms with Crippen LogP contribution in [0.4, 0.5) is 0 Å². The monoisotopic (exact) mass is 277 g/mol. The van der Waals surface area contributed by atoms with E-state index in [0.717, 1.165) is 11.1 Å². The molecule has 20 heavy (non-hydrogen) atoms. The maximum Gasteiger partial charge on any atom is 0.236 e. The molecule has 0 spiro atoms. The molecule has 1 amide bonds. The number of hydrogen-bond acceptors (Lipinski definition) is 3. The van der Waals surface area contributed by atoms with Crippen molar-refractivity contribution in [2.24, 2.45) is 16.3 Å². The zero-order chi connectivity index (χ0) is 15.3. The largest absolute Gasteiger partial charge is 0.409 e. The first-order valence-electron chi connectivity index (χ1n) is 6.64. The van der Waals surface area contributed by atoms with E-state index in [0.29, 0.717) is 13.0 Å². The molecule has 3 N–H and O–H groups in total. The van der Waals surface area contributed by atoms with Gasteiger partial charge in [-0.1, -0.05) is 41.9 Å². The molecule has 1 unspecified atom stereocenters. The molecule has 0 aliphatic rings. The van der Waals surface area contributed by atoms with Crippen molar-refractivity contribution in [2.45, 2.75) is 33.7 Å². The number of aryl methyl sites for hydroxylation is 1. The second-order valence-electron chi connectivity index (χ2n) is 5.32. The molecule has 0 aliphatic heterocycles. The Hall–Kier alpha value is -2.04. The smallest absolute Gasteiger partial charge is 0.236 e. The third kappa shape index (κ3) is 3.29. The number of nitrogens with zero attached hydrogens (tertiary/aromatic N) is 2. The van der Waals surface area contributed by atoms with E-state index >= 15 is 0 Å². The van der Waals surface area contributed by atoms with E-state index in [1.54, 1.807) is 18.9 Å². The van der Waals surface area contributed by atoms with E-state index in [-0.39, 0.29) is 11.7 Å². The van der Waals surface area contributed by atoms with Crippen LogP contribution in [0.25, 0.3) is 0 Å². The molecule has 0 aromatic heterocycles. The zero-order valence-corrected chi connectivity index (χ0v) is 12.6. The van der Waals surface area contributed by atoms with Crippen molar-refractivity contribution in [3.63, 3.8) is 0 Å². The van der Waals surface area contributed by atoms with Crippen molar-refractivity contribution in [1.82, 2.24) is 4.90 Å². The minimum atomic E-state index is -0.979. The normalized spacial score (nSPS) is 14.7. The predicted molar refractivity (Wildman–Crippen MR) is 79.5 cm³/mol. The van der Waals surface area contributed by atoms with Gasteiger partial charge in [-0.2, -0.15) is 0 Å². The Labute approximate surface area is 120 Å². The molecule has 1 aromatic rings. The van der Waals surface area contributed by atoms with Crippen LogP contribution in [0.1, 0.15) is 31.4 Å². The summed E-state index contributed by atoms with van der Waals surface area (Å²) < 4.78 is 0. The summed E-state index contributed by atoms with van der Waals surface area (Å²) in [5, 5.41) is 11.9. The minimum absolute atomic E-state index is 0.0545. The average molecular weight is 277 g/mol. The van der Waals surface area contributed by atoms with Crippen molar-refractivity contribution < 1.29 is 10.0 Å². The van der Waals surface area contributed by atoms with Crippen molar-refractivity contribution in [1.29, 1.82) is 0 Å². The number of carbonyl (C=O) groups excluding carboxylic acids is 1. The molecule has 0 saturated carbocycles. The van der Waals surface area contributed by atoms with Gasteiger partial charge in [0.2, 0.25) is 5.91 Å². The Morgan fingerprint density at radius 1 is 1.50 bits per heavy atom. The zero-order valence-electron chi connectivity index (χ0n) is 12.6. The van der Waals surface area contributed by atoms with Gasteiger partial charge in [0.1, 0.15) is 5.41 Å². The molecular weight excluding hydrogens is 254 g/mol. The molecular formula is C15H23N3O2. The molecule has 1 rings (SSSR count). The van der Waals surface area contributed by atoms with Crippen molar-refractivity contribution in [3.05, 3.63) is 35.4 Å². The average Bonchev–Trinajstić information content (AvgIpc) is 2.44. The van der Waals surface area contributed by atoms with Crippen LogP contribution < -0.4 is 5.73 Å². The van der Waals surface area contributed by atoms with Crippen LogP contribution in [0.5, 0.6) is 0 Å². The topological polar surface area (TPSA) is 78.9 Å². The van der Waals surface area contributed by atoms with Gasteiger partial charge >= 0.3 is 0 Å². The van der Waals surface area contributed by atoms with E-state index in [2.05, 4.69) is 5.16 Å². The lowest BCUT2D eigenvalue weighted by molar-refractivity contribution is -0.137. The van der Waals surface area contributed by atoms with E-state index < -0.39 is 5.41 Å².